The second-order valence-corrected chi connectivity index (χ2v) is 6.46. The van der Waals surface area contributed by atoms with Crippen molar-refractivity contribution in [2.75, 3.05) is 38.1 Å². The zero-order valence-corrected chi connectivity index (χ0v) is 14.0. The van der Waals surface area contributed by atoms with Gasteiger partial charge >= 0.3 is 0 Å². The summed E-state index contributed by atoms with van der Waals surface area (Å²) in [6.07, 6.45) is 4.75. The van der Waals surface area contributed by atoms with Crippen molar-refractivity contribution in [1.82, 2.24) is 15.2 Å². The lowest BCUT2D eigenvalue weighted by molar-refractivity contribution is 0.346. The van der Waals surface area contributed by atoms with E-state index in [4.69, 9.17) is 0 Å². The molecule has 0 radical (unpaired) electrons. The van der Waals surface area contributed by atoms with E-state index in [1.807, 2.05) is 6.20 Å². The first-order valence-electron chi connectivity index (χ1n) is 8.18. The van der Waals surface area contributed by atoms with Gasteiger partial charge in [0, 0.05) is 55.9 Å². The summed E-state index contributed by atoms with van der Waals surface area (Å²) in [6.45, 7) is 12.1. The maximum absolute atomic E-state index is 4.46. The number of aromatic nitrogens is 1. The van der Waals surface area contributed by atoms with Crippen molar-refractivity contribution in [2.24, 2.45) is 0 Å². The van der Waals surface area contributed by atoms with Crippen LogP contribution in [0.2, 0.25) is 0 Å². The van der Waals surface area contributed by atoms with E-state index in [2.05, 4.69) is 54.0 Å². The van der Waals surface area contributed by atoms with Crippen molar-refractivity contribution in [1.29, 1.82) is 0 Å². The van der Waals surface area contributed by atoms with Gasteiger partial charge in [0.05, 0.1) is 0 Å². The molecule has 1 N–H and O–H groups in total. The highest BCUT2D eigenvalue weighted by molar-refractivity contribution is 5.53. The van der Waals surface area contributed by atoms with Crippen LogP contribution in [-0.2, 0) is 6.54 Å². The fourth-order valence-corrected chi connectivity index (χ4v) is 2.80. The summed E-state index contributed by atoms with van der Waals surface area (Å²) in [5, 5.41) is 3.50. The quantitative estimate of drug-likeness (QED) is 0.836. The first-order chi connectivity index (χ1) is 10.1. The van der Waals surface area contributed by atoms with E-state index in [0.717, 1.165) is 25.3 Å². The molecular weight excluding hydrogens is 260 g/mol. The largest absolute Gasteiger partial charge is 0.373 e. The first kappa shape index (κ1) is 16.2. The van der Waals surface area contributed by atoms with Crippen molar-refractivity contribution >= 4 is 5.69 Å². The number of hydrogen-bond acceptors (Lipinski definition) is 4. The normalized spacial score (nSPS) is 15.9. The fraction of sp³-hybridized carbons (Fsp3) is 0.706. The number of rotatable bonds is 7. The highest BCUT2D eigenvalue weighted by Gasteiger charge is 2.14. The van der Waals surface area contributed by atoms with Crippen molar-refractivity contribution in [3.8, 4) is 0 Å². The number of likely N-dealkylation sites (N-methyl/N-ethyl adjacent to an activating group) is 1. The fourth-order valence-electron chi connectivity index (χ4n) is 2.80. The summed E-state index contributed by atoms with van der Waals surface area (Å²) < 4.78 is 0. The van der Waals surface area contributed by atoms with Crippen LogP contribution in [0.5, 0.6) is 0 Å². The van der Waals surface area contributed by atoms with E-state index in [0.29, 0.717) is 6.04 Å². The molecular formula is C17H30N4. The van der Waals surface area contributed by atoms with Crippen LogP contribution < -0.4 is 10.2 Å². The molecule has 0 atom stereocenters. The standard InChI is InChI=1S/C17H30N4/c1-14(2)18-12-16-13-19-15(3)11-17(16)20(4)9-10-21-7-5-6-8-21/h11,13-14,18H,5-10,12H2,1-4H3. The van der Waals surface area contributed by atoms with Crippen molar-refractivity contribution < 1.29 is 0 Å². The van der Waals surface area contributed by atoms with Gasteiger partial charge in [-0.2, -0.15) is 0 Å². The van der Waals surface area contributed by atoms with Gasteiger partial charge in [-0.05, 0) is 38.9 Å². The average Bonchev–Trinajstić information content (AvgIpc) is 2.96. The molecule has 0 amide bonds. The van der Waals surface area contributed by atoms with Crippen LogP contribution in [0.4, 0.5) is 5.69 Å². The lowest BCUT2D eigenvalue weighted by atomic mass is 10.1. The van der Waals surface area contributed by atoms with E-state index in [-0.39, 0.29) is 0 Å². The third-order valence-electron chi connectivity index (χ3n) is 4.16. The number of anilines is 1. The molecule has 1 aliphatic heterocycles. The van der Waals surface area contributed by atoms with Gasteiger partial charge in [-0.25, -0.2) is 0 Å². The summed E-state index contributed by atoms with van der Waals surface area (Å²) in [5.74, 6) is 0. The molecule has 1 fully saturated rings. The van der Waals surface area contributed by atoms with E-state index in [1.165, 1.54) is 37.2 Å². The van der Waals surface area contributed by atoms with E-state index in [9.17, 15) is 0 Å². The molecule has 4 nitrogen and oxygen atoms in total. The maximum Gasteiger partial charge on any atom is 0.0443 e. The summed E-state index contributed by atoms with van der Waals surface area (Å²) in [5.41, 5.74) is 3.69. The van der Waals surface area contributed by atoms with Gasteiger partial charge in [0.2, 0.25) is 0 Å². The van der Waals surface area contributed by atoms with Crippen molar-refractivity contribution in [3.63, 3.8) is 0 Å². The number of likely N-dealkylation sites (tertiary alicyclic amines) is 1. The number of nitrogens with zero attached hydrogens (tertiary/aromatic N) is 3. The molecule has 4 heteroatoms. The van der Waals surface area contributed by atoms with E-state index < -0.39 is 0 Å². The Morgan fingerprint density at radius 3 is 2.71 bits per heavy atom. The van der Waals surface area contributed by atoms with Crippen molar-refractivity contribution in [3.05, 3.63) is 23.5 Å². The Morgan fingerprint density at radius 1 is 1.33 bits per heavy atom. The first-order valence-corrected chi connectivity index (χ1v) is 8.18. The maximum atomic E-state index is 4.46. The topological polar surface area (TPSA) is 31.4 Å². The Hall–Kier alpha value is -1.13. The van der Waals surface area contributed by atoms with Crippen LogP contribution in [0.3, 0.4) is 0 Å². The van der Waals surface area contributed by atoms with E-state index in [1.54, 1.807) is 0 Å². The third-order valence-corrected chi connectivity index (χ3v) is 4.16. The van der Waals surface area contributed by atoms with Crippen LogP contribution >= 0.6 is 0 Å². The minimum absolute atomic E-state index is 0.494. The van der Waals surface area contributed by atoms with E-state index >= 15 is 0 Å². The smallest absolute Gasteiger partial charge is 0.0443 e. The Kier molecular flexibility index (Phi) is 6.00. The van der Waals surface area contributed by atoms with Gasteiger partial charge in [0.25, 0.3) is 0 Å². The molecule has 2 heterocycles. The van der Waals surface area contributed by atoms with Gasteiger partial charge in [-0.15, -0.1) is 0 Å². The van der Waals surface area contributed by atoms with Gasteiger partial charge < -0.3 is 15.1 Å². The molecule has 0 aromatic carbocycles. The second kappa shape index (κ2) is 7.76. The molecule has 1 aliphatic rings. The number of hydrogen-bond donors (Lipinski definition) is 1. The third kappa shape index (κ3) is 4.97. The molecule has 1 aromatic rings. The molecule has 0 bridgehead atoms. The molecule has 2 rings (SSSR count). The number of nitrogens with one attached hydrogen (secondary N) is 1. The molecule has 0 unspecified atom stereocenters. The zero-order chi connectivity index (χ0) is 15.2. The number of aryl methyl sites for hydroxylation is 1. The predicted octanol–water partition coefficient (Wildman–Crippen LogP) is 2.42. The molecule has 1 saturated heterocycles. The Bertz CT molecular complexity index is 438. The van der Waals surface area contributed by atoms with Crippen LogP contribution in [0.1, 0.15) is 37.9 Å². The zero-order valence-electron chi connectivity index (χ0n) is 14.0. The molecule has 118 valence electrons. The summed E-state index contributed by atoms with van der Waals surface area (Å²) in [7, 11) is 2.20. The SMILES string of the molecule is Cc1cc(N(C)CCN2CCCC2)c(CNC(C)C)cn1. The molecule has 1 aromatic heterocycles. The summed E-state index contributed by atoms with van der Waals surface area (Å²) in [4.78, 5) is 9.41. The predicted molar refractivity (Wildman–Crippen MR) is 89.9 cm³/mol. The minimum Gasteiger partial charge on any atom is -0.373 e. The molecule has 21 heavy (non-hydrogen) atoms. The van der Waals surface area contributed by atoms with Gasteiger partial charge in [0.15, 0.2) is 0 Å². The monoisotopic (exact) mass is 290 g/mol. The molecule has 0 aliphatic carbocycles. The summed E-state index contributed by atoms with van der Waals surface area (Å²) >= 11 is 0. The van der Waals surface area contributed by atoms with Crippen LogP contribution in [0, 0.1) is 6.92 Å². The Morgan fingerprint density at radius 2 is 2.05 bits per heavy atom. The average molecular weight is 290 g/mol. The molecule has 0 spiro atoms. The molecule has 0 saturated carbocycles. The lowest BCUT2D eigenvalue weighted by Gasteiger charge is -2.26. The van der Waals surface area contributed by atoms with Gasteiger partial charge in [-0.3, -0.25) is 4.98 Å². The van der Waals surface area contributed by atoms with Crippen LogP contribution in [0.25, 0.3) is 0 Å². The van der Waals surface area contributed by atoms with Crippen molar-refractivity contribution in [2.45, 2.75) is 46.2 Å². The highest BCUT2D eigenvalue weighted by Crippen LogP contribution is 2.20. The lowest BCUT2D eigenvalue weighted by Crippen LogP contribution is -2.32. The van der Waals surface area contributed by atoms with Crippen LogP contribution in [0.15, 0.2) is 12.3 Å². The minimum atomic E-state index is 0.494. The summed E-state index contributed by atoms with van der Waals surface area (Å²) in [6, 6.07) is 2.70. The Labute approximate surface area is 129 Å². The number of pyridine rings is 1. The highest BCUT2D eigenvalue weighted by atomic mass is 15.2. The van der Waals surface area contributed by atoms with Gasteiger partial charge in [0.1, 0.15) is 0 Å². The Balaban J connectivity index is 1.99. The van der Waals surface area contributed by atoms with Crippen LogP contribution in [-0.4, -0.2) is 49.2 Å². The second-order valence-electron chi connectivity index (χ2n) is 6.46. The van der Waals surface area contributed by atoms with Gasteiger partial charge in [-0.1, -0.05) is 13.8 Å².